The Balaban J connectivity index is 2.09. The predicted molar refractivity (Wildman–Crippen MR) is 95.2 cm³/mol. The predicted octanol–water partition coefficient (Wildman–Crippen LogP) is 3.01. The number of halogens is 2. The van der Waals surface area contributed by atoms with Crippen LogP contribution in [0.5, 0.6) is 17.2 Å². The topological polar surface area (TPSA) is 86.2 Å². The van der Waals surface area contributed by atoms with Gasteiger partial charge in [-0.25, -0.2) is 4.83 Å². The lowest BCUT2D eigenvalue weighted by Crippen LogP contribution is -2.18. The van der Waals surface area contributed by atoms with Gasteiger partial charge in [-0.1, -0.05) is 0 Å². The van der Waals surface area contributed by atoms with E-state index in [4.69, 9.17) is 9.47 Å². The van der Waals surface area contributed by atoms with Crippen LogP contribution >= 0.6 is 0 Å². The highest BCUT2D eigenvalue weighted by Gasteiger charge is 2.13. The molecule has 0 saturated carbocycles. The minimum absolute atomic E-state index is 0.0152. The molecule has 7 nitrogen and oxygen atoms in total. The molecule has 0 amide bonds. The summed E-state index contributed by atoms with van der Waals surface area (Å²) in [5, 5.41) is 3.68. The fourth-order valence-electron chi connectivity index (χ4n) is 2.06. The first-order chi connectivity index (χ1) is 12.9. The molecule has 2 aromatic rings. The first kappa shape index (κ1) is 20.4. The third kappa shape index (κ3) is 5.81. The zero-order chi connectivity index (χ0) is 19.9. The Morgan fingerprint density at radius 2 is 1.85 bits per heavy atom. The van der Waals surface area contributed by atoms with Crippen LogP contribution in [0.25, 0.3) is 0 Å². The Morgan fingerprint density at radius 1 is 1.15 bits per heavy atom. The number of rotatable bonds is 9. The summed E-state index contributed by atoms with van der Waals surface area (Å²) >= 11 is 0. The van der Waals surface area contributed by atoms with E-state index >= 15 is 0 Å². The minimum Gasteiger partial charge on any atom is -0.494 e. The van der Waals surface area contributed by atoms with Crippen molar-refractivity contribution in [1.29, 1.82) is 0 Å². The second kappa shape index (κ2) is 9.17. The van der Waals surface area contributed by atoms with Crippen molar-refractivity contribution in [3.63, 3.8) is 0 Å². The monoisotopic (exact) mass is 400 g/mol. The maximum atomic E-state index is 12.3. The normalized spacial score (nSPS) is 11.6. The van der Waals surface area contributed by atoms with Crippen LogP contribution in [0.3, 0.4) is 0 Å². The van der Waals surface area contributed by atoms with E-state index < -0.39 is 16.6 Å². The van der Waals surface area contributed by atoms with Crippen molar-refractivity contribution in [3.05, 3.63) is 48.0 Å². The third-order valence-electron chi connectivity index (χ3n) is 3.24. The van der Waals surface area contributed by atoms with Gasteiger partial charge in [0.25, 0.3) is 10.0 Å². The van der Waals surface area contributed by atoms with Gasteiger partial charge in [0.1, 0.15) is 5.75 Å². The molecule has 1 N–H and O–H groups in total. The van der Waals surface area contributed by atoms with Crippen LogP contribution in [-0.4, -0.2) is 35.0 Å². The van der Waals surface area contributed by atoms with Crippen molar-refractivity contribution in [1.82, 2.24) is 4.83 Å². The Bertz CT molecular complexity index is 887. The summed E-state index contributed by atoms with van der Waals surface area (Å²) in [7, 11) is -2.57. The number of alkyl halides is 2. The summed E-state index contributed by atoms with van der Waals surface area (Å²) in [5.74, 6) is 0.478. The highest BCUT2D eigenvalue weighted by Crippen LogP contribution is 2.28. The fraction of sp³-hybridized carbons (Fsp3) is 0.235. The fourth-order valence-corrected chi connectivity index (χ4v) is 2.85. The number of methoxy groups -OCH3 is 1. The lowest BCUT2D eigenvalue weighted by molar-refractivity contribution is -0.0512. The maximum Gasteiger partial charge on any atom is 0.387 e. The van der Waals surface area contributed by atoms with E-state index in [2.05, 4.69) is 14.7 Å². The molecule has 0 aliphatic heterocycles. The summed E-state index contributed by atoms with van der Waals surface area (Å²) in [6.07, 6.45) is 1.21. The van der Waals surface area contributed by atoms with E-state index in [1.165, 1.54) is 55.8 Å². The molecule has 0 spiro atoms. The molecule has 0 aromatic heterocycles. The van der Waals surface area contributed by atoms with Gasteiger partial charge in [0.2, 0.25) is 0 Å². The number of nitrogens with zero attached hydrogens (tertiary/aromatic N) is 1. The first-order valence-electron chi connectivity index (χ1n) is 7.76. The smallest absolute Gasteiger partial charge is 0.387 e. The molecule has 0 atom stereocenters. The zero-order valence-corrected chi connectivity index (χ0v) is 15.4. The van der Waals surface area contributed by atoms with Gasteiger partial charge in [-0.15, -0.1) is 0 Å². The molecule has 0 unspecified atom stereocenters. The van der Waals surface area contributed by atoms with Crippen LogP contribution < -0.4 is 19.0 Å². The van der Waals surface area contributed by atoms with Crippen LogP contribution in [0.1, 0.15) is 12.5 Å². The Morgan fingerprint density at radius 3 is 2.44 bits per heavy atom. The van der Waals surface area contributed by atoms with Gasteiger partial charge in [0.15, 0.2) is 11.5 Å². The number of benzene rings is 2. The van der Waals surface area contributed by atoms with Gasteiger partial charge in [0, 0.05) is 0 Å². The van der Waals surface area contributed by atoms with Gasteiger partial charge >= 0.3 is 6.61 Å². The van der Waals surface area contributed by atoms with Crippen molar-refractivity contribution < 1.29 is 31.4 Å². The Kier molecular flexibility index (Phi) is 6.94. The molecule has 0 radical (unpaired) electrons. The molecule has 0 saturated heterocycles. The second-order valence-corrected chi connectivity index (χ2v) is 6.71. The Labute approximate surface area is 155 Å². The summed E-state index contributed by atoms with van der Waals surface area (Å²) in [6.45, 7) is -0.694. The summed E-state index contributed by atoms with van der Waals surface area (Å²) in [4.78, 5) is 2.08. The quantitative estimate of drug-likeness (QED) is 0.517. The number of ether oxygens (including phenoxy) is 3. The summed E-state index contributed by atoms with van der Waals surface area (Å²) < 4.78 is 63.5. The van der Waals surface area contributed by atoms with Crippen molar-refractivity contribution in [2.75, 3.05) is 13.7 Å². The highest BCUT2D eigenvalue weighted by atomic mass is 32.2. The van der Waals surface area contributed by atoms with Crippen LogP contribution in [0.4, 0.5) is 8.78 Å². The lowest BCUT2D eigenvalue weighted by atomic mass is 10.2. The van der Waals surface area contributed by atoms with E-state index in [9.17, 15) is 17.2 Å². The van der Waals surface area contributed by atoms with Gasteiger partial charge < -0.3 is 14.2 Å². The number of sulfonamides is 1. The number of nitrogens with one attached hydrogen (secondary N) is 1. The molecule has 0 aliphatic rings. The van der Waals surface area contributed by atoms with E-state index in [0.29, 0.717) is 17.9 Å². The van der Waals surface area contributed by atoms with E-state index in [1.807, 2.05) is 6.92 Å². The van der Waals surface area contributed by atoms with Crippen LogP contribution in [-0.2, 0) is 10.0 Å². The molecule has 27 heavy (non-hydrogen) atoms. The average Bonchev–Trinajstić information content (AvgIpc) is 2.63. The van der Waals surface area contributed by atoms with Crippen LogP contribution in [0, 0.1) is 0 Å². The zero-order valence-electron chi connectivity index (χ0n) is 14.6. The van der Waals surface area contributed by atoms with Gasteiger partial charge in [-0.2, -0.15) is 22.3 Å². The molecule has 0 fully saturated rings. The Hall–Kier alpha value is -2.88. The molecule has 2 aromatic carbocycles. The van der Waals surface area contributed by atoms with Crippen molar-refractivity contribution >= 4 is 16.2 Å². The molecule has 146 valence electrons. The summed E-state index contributed by atoms with van der Waals surface area (Å²) in [6, 6.07) is 9.93. The molecule has 0 bridgehead atoms. The molecule has 10 heteroatoms. The number of hydrazone groups is 1. The van der Waals surface area contributed by atoms with Gasteiger partial charge in [-0.05, 0) is 55.0 Å². The second-order valence-electron chi connectivity index (χ2n) is 5.05. The number of hydrogen-bond acceptors (Lipinski definition) is 6. The third-order valence-corrected chi connectivity index (χ3v) is 4.47. The van der Waals surface area contributed by atoms with Crippen molar-refractivity contribution in [2.45, 2.75) is 18.4 Å². The van der Waals surface area contributed by atoms with Crippen LogP contribution in [0.15, 0.2) is 52.5 Å². The lowest BCUT2D eigenvalue weighted by Gasteiger charge is -2.10. The highest BCUT2D eigenvalue weighted by molar-refractivity contribution is 7.89. The van der Waals surface area contributed by atoms with Gasteiger partial charge in [0.05, 0.1) is 24.8 Å². The van der Waals surface area contributed by atoms with E-state index in [1.54, 1.807) is 0 Å². The molecule has 0 aliphatic carbocycles. The average molecular weight is 400 g/mol. The minimum atomic E-state index is -3.86. The largest absolute Gasteiger partial charge is 0.494 e. The summed E-state index contributed by atoms with van der Waals surface area (Å²) in [5.41, 5.74) is 0.419. The molecule has 0 heterocycles. The molecular weight excluding hydrogens is 382 g/mol. The SMILES string of the molecule is CCOc1ccc(S(=O)(=O)N/N=C/c2ccc(OC(F)F)c(OC)c2)cc1. The van der Waals surface area contributed by atoms with Gasteiger partial charge in [-0.3, -0.25) is 0 Å². The van der Waals surface area contributed by atoms with E-state index in [0.717, 1.165) is 0 Å². The maximum absolute atomic E-state index is 12.3. The van der Waals surface area contributed by atoms with Crippen LogP contribution in [0.2, 0.25) is 0 Å². The number of hydrogen-bond donors (Lipinski definition) is 1. The first-order valence-corrected chi connectivity index (χ1v) is 9.24. The van der Waals surface area contributed by atoms with E-state index in [-0.39, 0.29) is 16.4 Å². The molecule has 2 rings (SSSR count). The van der Waals surface area contributed by atoms with Crippen molar-refractivity contribution in [2.24, 2.45) is 5.10 Å². The standard InChI is InChI=1S/C17H18F2N2O5S/c1-3-25-13-5-7-14(8-6-13)27(22,23)21-20-11-12-4-9-15(26-17(18)19)16(10-12)24-2/h4-11,17,21H,3H2,1-2H3/b20-11+. The van der Waals surface area contributed by atoms with Crippen molar-refractivity contribution in [3.8, 4) is 17.2 Å². The molecular formula is C17H18F2N2O5S.